The Morgan fingerprint density at radius 2 is 1.87 bits per heavy atom. The first kappa shape index (κ1) is 22.4. The van der Waals surface area contributed by atoms with Gasteiger partial charge in [0.2, 0.25) is 11.8 Å². The lowest BCUT2D eigenvalue weighted by atomic mass is 10.2. The molecule has 1 fully saturated rings. The molecule has 1 saturated heterocycles. The number of carbonyl (C=O) groups excluding carboxylic acids is 2. The molecule has 1 aliphatic heterocycles. The Morgan fingerprint density at radius 1 is 1.13 bits per heavy atom. The first-order valence-corrected chi connectivity index (χ1v) is 10.4. The van der Waals surface area contributed by atoms with Crippen molar-refractivity contribution in [1.82, 2.24) is 15.2 Å². The van der Waals surface area contributed by atoms with Gasteiger partial charge >= 0.3 is 0 Å². The van der Waals surface area contributed by atoms with Gasteiger partial charge in [0.25, 0.3) is 11.8 Å². The number of rotatable bonds is 8. The summed E-state index contributed by atoms with van der Waals surface area (Å²) in [6, 6.07) is 10.4. The van der Waals surface area contributed by atoms with Crippen LogP contribution in [0.1, 0.15) is 47.4 Å². The second kappa shape index (κ2) is 10.1. The van der Waals surface area contributed by atoms with Gasteiger partial charge in [-0.25, -0.2) is 0 Å². The average Bonchev–Trinajstić information content (AvgIpc) is 3.25. The van der Waals surface area contributed by atoms with Gasteiger partial charge < -0.3 is 24.4 Å². The van der Waals surface area contributed by atoms with E-state index in [-0.39, 0.29) is 29.8 Å². The monoisotopic (exact) mass is 427 g/mol. The Balaban J connectivity index is 1.63. The van der Waals surface area contributed by atoms with Crippen molar-refractivity contribution in [1.29, 1.82) is 0 Å². The first-order chi connectivity index (χ1) is 14.9. The van der Waals surface area contributed by atoms with Crippen LogP contribution in [0.2, 0.25) is 0 Å². The van der Waals surface area contributed by atoms with Crippen molar-refractivity contribution in [3.8, 4) is 17.5 Å². The first-order valence-electron chi connectivity index (χ1n) is 10.4. The third-order valence-corrected chi connectivity index (χ3v) is 5.08. The van der Waals surface area contributed by atoms with Gasteiger partial charge in [0.05, 0.1) is 20.3 Å². The topological polar surface area (TPSA) is 90.0 Å². The number of ether oxygens (including phenoxy) is 3. The maximum absolute atomic E-state index is 13.1. The molecule has 1 aliphatic rings. The Bertz CT molecular complexity index is 914. The molecule has 1 aromatic carbocycles. The van der Waals surface area contributed by atoms with Crippen LogP contribution in [-0.2, 0) is 0 Å². The van der Waals surface area contributed by atoms with Gasteiger partial charge in [0.15, 0.2) is 0 Å². The minimum absolute atomic E-state index is 0.0526. The molecule has 1 unspecified atom stereocenters. The quantitative estimate of drug-likeness (QED) is 0.697. The van der Waals surface area contributed by atoms with Crippen LogP contribution in [0.25, 0.3) is 0 Å². The minimum Gasteiger partial charge on any atom is -0.491 e. The molecule has 2 aromatic rings. The number of carbonyl (C=O) groups is 2. The van der Waals surface area contributed by atoms with Crippen LogP contribution in [0, 0.1) is 0 Å². The fourth-order valence-electron chi connectivity index (χ4n) is 3.53. The van der Waals surface area contributed by atoms with E-state index in [1.165, 1.54) is 14.2 Å². The Hall–Kier alpha value is -3.29. The molecule has 2 amide bonds. The molecule has 1 aromatic heterocycles. The van der Waals surface area contributed by atoms with Crippen molar-refractivity contribution in [3.05, 3.63) is 47.5 Å². The predicted molar refractivity (Wildman–Crippen MR) is 116 cm³/mol. The third kappa shape index (κ3) is 5.45. The summed E-state index contributed by atoms with van der Waals surface area (Å²) >= 11 is 0. The van der Waals surface area contributed by atoms with E-state index in [2.05, 4.69) is 10.3 Å². The van der Waals surface area contributed by atoms with E-state index >= 15 is 0 Å². The van der Waals surface area contributed by atoms with Crippen molar-refractivity contribution in [2.75, 3.05) is 27.4 Å². The van der Waals surface area contributed by atoms with E-state index in [4.69, 9.17) is 14.2 Å². The number of hydrogen-bond donors (Lipinski definition) is 1. The largest absolute Gasteiger partial charge is 0.491 e. The molecular weight excluding hydrogens is 398 g/mol. The van der Waals surface area contributed by atoms with Crippen molar-refractivity contribution in [3.63, 3.8) is 0 Å². The van der Waals surface area contributed by atoms with Gasteiger partial charge in [-0.05, 0) is 57.0 Å². The van der Waals surface area contributed by atoms with E-state index in [0.717, 1.165) is 12.8 Å². The average molecular weight is 428 g/mol. The normalized spacial score (nSPS) is 15.6. The van der Waals surface area contributed by atoms with E-state index in [9.17, 15) is 9.59 Å². The number of pyridine rings is 1. The standard InChI is InChI=1S/C23H29N3O5/c1-15(2)24-21(27)16-7-9-18(10-8-16)31-14-17-6-5-13-26(17)23(28)19-11-12-20(29-3)25-22(19)30-4/h7-12,15,17H,5-6,13-14H2,1-4H3,(H,24,27). The lowest BCUT2D eigenvalue weighted by molar-refractivity contribution is 0.0687. The summed E-state index contributed by atoms with van der Waals surface area (Å²) < 4.78 is 16.3. The number of nitrogens with zero attached hydrogens (tertiary/aromatic N) is 2. The van der Waals surface area contributed by atoms with Crippen molar-refractivity contribution >= 4 is 11.8 Å². The van der Waals surface area contributed by atoms with E-state index in [1.54, 1.807) is 41.3 Å². The molecule has 3 rings (SSSR count). The summed E-state index contributed by atoms with van der Waals surface area (Å²) in [4.78, 5) is 31.2. The summed E-state index contributed by atoms with van der Waals surface area (Å²) in [5, 5.41) is 2.86. The van der Waals surface area contributed by atoms with Crippen LogP contribution in [0.15, 0.2) is 36.4 Å². The molecule has 0 saturated carbocycles. The third-order valence-electron chi connectivity index (χ3n) is 5.08. The Morgan fingerprint density at radius 3 is 2.52 bits per heavy atom. The summed E-state index contributed by atoms with van der Waals surface area (Å²) in [6.45, 7) is 4.86. The van der Waals surface area contributed by atoms with Crippen LogP contribution >= 0.6 is 0 Å². The van der Waals surface area contributed by atoms with Gasteiger partial charge in [-0.2, -0.15) is 4.98 Å². The highest BCUT2D eigenvalue weighted by Crippen LogP contribution is 2.26. The molecule has 8 nitrogen and oxygen atoms in total. The maximum Gasteiger partial charge on any atom is 0.259 e. The minimum atomic E-state index is -0.140. The number of aromatic nitrogens is 1. The second-order valence-electron chi connectivity index (χ2n) is 7.67. The van der Waals surface area contributed by atoms with Crippen molar-refractivity contribution in [2.24, 2.45) is 0 Å². The number of hydrogen-bond acceptors (Lipinski definition) is 6. The zero-order valence-electron chi connectivity index (χ0n) is 18.4. The SMILES string of the molecule is COc1ccc(C(=O)N2CCCC2COc2ccc(C(=O)NC(C)C)cc2)c(OC)n1. The van der Waals surface area contributed by atoms with Crippen LogP contribution in [-0.4, -0.2) is 61.2 Å². The summed E-state index contributed by atoms with van der Waals surface area (Å²) in [6.07, 6.45) is 1.76. The van der Waals surface area contributed by atoms with Crippen LogP contribution in [0.5, 0.6) is 17.5 Å². The fraction of sp³-hybridized carbons (Fsp3) is 0.435. The van der Waals surface area contributed by atoms with Crippen LogP contribution in [0.4, 0.5) is 0 Å². The van der Waals surface area contributed by atoms with Gasteiger partial charge in [-0.15, -0.1) is 0 Å². The molecular formula is C23H29N3O5. The lowest BCUT2D eigenvalue weighted by Gasteiger charge is -2.25. The molecule has 8 heteroatoms. The van der Waals surface area contributed by atoms with Crippen LogP contribution in [0.3, 0.4) is 0 Å². The number of amides is 2. The number of likely N-dealkylation sites (tertiary alicyclic amines) is 1. The fourth-order valence-corrected chi connectivity index (χ4v) is 3.53. The van der Waals surface area contributed by atoms with Crippen LogP contribution < -0.4 is 19.5 Å². The Kier molecular flexibility index (Phi) is 7.33. The highest BCUT2D eigenvalue weighted by Gasteiger charge is 2.32. The summed E-state index contributed by atoms with van der Waals surface area (Å²) in [5.41, 5.74) is 0.980. The highest BCUT2D eigenvalue weighted by atomic mass is 16.5. The summed E-state index contributed by atoms with van der Waals surface area (Å²) in [7, 11) is 2.99. The molecule has 166 valence electrons. The van der Waals surface area contributed by atoms with Gasteiger partial charge in [-0.1, -0.05) is 0 Å². The van der Waals surface area contributed by atoms with E-state index < -0.39 is 0 Å². The molecule has 2 heterocycles. The maximum atomic E-state index is 13.1. The molecule has 1 N–H and O–H groups in total. The molecule has 0 spiro atoms. The zero-order chi connectivity index (χ0) is 22.4. The van der Waals surface area contributed by atoms with Crippen molar-refractivity contribution in [2.45, 2.75) is 38.8 Å². The number of methoxy groups -OCH3 is 2. The highest BCUT2D eigenvalue weighted by molar-refractivity contribution is 5.97. The summed E-state index contributed by atoms with van der Waals surface area (Å²) in [5.74, 6) is 1.03. The molecule has 31 heavy (non-hydrogen) atoms. The molecule has 0 bridgehead atoms. The smallest absolute Gasteiger partial charge is 0.259 e. The molecule has 0 radical (unpaired) electrons. The second-order valence-corrected chi connectivity index (χ2v) is 7.67. The predicted octanol–water partition coefficient (Wildman–Crippen LogP) is 2.92. The molecule has 1 atom stereocenters. The van der Waals surface area contributed by atoms with Gasteiger partial charge in [-0.3, -0.25) is 9.59 Å². The van der Waals surface area contributed by atoms with E-state index in [0.29, 0.717) is 35.9 Å². The van der Waals surface area contributed by atoms with Crippen molar-refractivity contribution < 1.29 is 23.8 Å². The van der Waals surface area contributed by atoms with E-state index in [1.807, 2.05) is 13.8 Å². The Labute approximate surface area is 182 Å². The lowest BCUT2D eigenvalue weighted by Crippen LogP contribution is -2.39. The zero-order valence-corrected chi connectivity index (χ0v) is 18.4. The van der Waals surface area contributed by atoms with Gasteiger partial charge in [0.1, 0.15) is 17.9 Å². The number of benzene rings is 1. The van der Waals surface area contributed by atoms with Gasteiger partial charge in [0, 0.05) is 24.2 Å². The number of nitrogens with one attached hydrogen (secondary N) is 1. The molecule has 0 aliphatic carbocycles.